The van der Waals surface area contributed by atoms with Crippen molar-refractivity contribution >= 4 is 15.9 Å². The van der Waals surface area contributed by atoms with Gasteiger partial charge < -0.3 is 14.2 Å². The fourth-order valence-electron chi connectivity index (χ4n) is 2.95. The van der Waals surface area contributed by atoms with Gasteiger partial charge in [-0.2, -0.15) is 0 Å². The number of ether oxygens (including phenoxy) is 3. The number of carbonyl (C=O) groups excluding carboxylic acids is 1. The Hall–Kier alpha value is -2.83. The zero-order valence-electron chi connectivity index (χ0n) is 15.0. The molecule has 4 rings (SSSR count). The van der Waals surface area contributed by atoms with E-state index in [1.165, 1.54) is 30.3 Å². The van der Waals surface area contributed by atoms with Gasteiger partial charge in [0.25, 0.3) is 15.9 Å². The van der Waals surface area contributed by atoms with Gasteiger partial charge in [-0.3, -0.25) is 15.0 Å². The first kappa shape index (κ1) is 19.5. The number of hydrazine groups is 1. The van der Waals surface area contributed by atoms with Crippen LogP contribution >= 0.6 is 0 Å². The van der Waals surface area contributed by atoms with Crippen molar-refractivity contribution in [2.24, 2.45) is 0 Å². The largest absolute Gasteiger partial charge is 0.457 e. The number of pyridine rings is 1. The van der Waals surface area contributed by atoms with E-state index in [4.69, 9.17) is 14.2 Å². The summed E-state index contributed by atoms with van der Waals surface area (Å²) >= 11 is 0. The number of carbonyl (C=O) groups is 1. The van der Waals surface area contributed by atoms with Gasteiger partial charge in [-0.05, 0) is 42.5 Å². The summed E-state index contributed by atoms with van der Waals surface area (Å²) in [6, 6.07) is 8.80. The summed E-state index contributed by atoms with van der Waals surface area (Å²) in [4.78, 5) is 17.8. The summed E-state index contributed by atoms with van der Waals surface area (Å²) in [5, 5.41) is 9.88. The van der Waals surface area contributed by atoms with Crippen LogP contribution in [0.4, 0.5) is 0 Å². The van der Waals surface area contributed by atoms with Gasteiger partial charge in [-0.1, -0.05) is 4.83 Å². The molecule has 2 aliphatic rings. The summed E-state index contributed by atoms with van der Waals surface area (Å²) in [6.07, 6.45) is 4.21. The van der Waals surface area contributed by atoms with Crippen LogP contribution in [0.25, 0.3) is 0 Å². The maximum Gasteiger partial charge on any atom is 0.289 e. The lowest BCUT2D eigenvalue weighted by molar-refractivity contribution is -0.167. The second-order valence-corrected chi connectivity index (χ2v) is 7.98. The first-order chi connectivity index (χ1) is 13.9. The molecule has 2 heterocycles. The molecule has 0 radical (unpaired) electrons. The standard InChI is InChI=1S/C18H17N3O7S/c22-18(12-9-16-17(10-12)27-11-26-16)21(23)20-29(24,25)15-3-1-13(2-4-15)28-14-5-7-19-8-6-14/h1-9,16-17,20,23H,10-11H2. The zero-order chi connectivity index (χ0) is 20.4. The Morgan fingerprint density at radius 2 is 1.83 bits per heavy atom. The van der Waals surface area contributed by atoms with Crippen molar-refractivity contribution in [3.63, 3.8) is 0 Å². The molecule has 1 fully saturated rings. The minimum absolute atomic E-state index is 0.0520. The van der Waals surface area contributed by atoms with E-state index in [0.717, 1.165) is 0 Å². The predicted molar refractivity (Wildman–Crippen MR) is 97.0 cm³/mol. The third-order valence-electron chi connectivity index (χ3n) is 4.39. The molecule has 2 unspecified atom stereocenters. The van der Waals surface area contributed by atoms with E-state index in [9.17, 15) is 18.4 Å². The van der Waals surface area contributed by atoms with Crippen molar-refractivity contribution in [2.75, 3.05) is 6.79 Å². The summed E-state index contributed by atoms with van der Waals surface area (Å²) in [6.45, 7) is 0.143. The van der Waals surface area contributed by atoms with Crippen LogP contribution in [-0.4, -0.2) is 48.7 Å². The Morgan fingerprint density at radius 3 is 2.52 bits per heavy atom. The number of nitrogens with one attached hydrogen (secondary N) is 1. The van der Waals surface area contributed by atoms with Crippen LogP contribution in [0.3, 0.4) is 0 Å². The number of sulfonamides is 1. The van der Waals surface area contributed by atoms with E-state index in [2.05, 4.69) is 4.98 Å². The highest BCUT2D eigenvalue weighted by atomic mass is 32.2. The maximum absolute atomic E-state index is 12.4. The summed E-state index contributed by atoms with van der Waals surface area (Å²) in [7, 11) is -4.19. The molecule has 2 atom stereocenters. The van der Waals surface area contributed by atoms with Gasteiger partial charge in [-0.25, -0.2) is 8.42 Å². The number of hydrogen-bond donors (Lipinski definition) is 2. The quantitative estimate of drug-likeness (QED) is 0.531. The SMILES string of the molecule is O=C(C1=CC2OCOC2C1)N(O)NS(=O)(=O)c1ccc(Oc2ccncc2)cc1. The first-order valence-electron chi connectivity index (χ1n) is 8.60. The minimum atomic E-state index is -4.19. The lowest BCUT2D eigenvalue weighted by Gasteiger charge is -2.17. The van der Waals surface area contributed by atoms with E-state index < -0.39 is 15.9 Å². The molecule has 1 aromatic carbocycles. The normalized spacial score (nSPS) is 20.8. The van der Waals surface area contributed by atoms with Gasteiger partial charge in [-0.15, -0.1) is 5.17 Å². The molecule has 1 amide bonds. The van der Waals surface area contributed by atoms with E-state index in [1.807, 2.05) is 4.83 Å². The molecule has 0 spiro atoms. The lowest BCUT2D eigenvalue weighted by Crippen LogP contribution is -2.44. The van der Waals surface area contributed by atoms with Gasteiger partial charge in [0.05, 0.1) is 11.0 Å². The van der Waals surface area contributed by atoms with Crippen LogP contribution in [0, 0.1) is 0 Å². The Balaban J connectivity index is 1.41. The Labute approximate surface area is 166 Å². The topological polar surface area (TPSA) is 127 Å². The van der Waals surface area contributed by atoms with Crippen molar-refractivity contribution in [1.82, 2.24) is 15.0 Å². The first-order valence-corrected chi connectivity index (χ1v) is 10.1. The third kappa shape index (κ3) is 4.28. The van der Waals surface area contributed by atoms with Crippen LogP contribution in [-0.2, 0) is 24.3 Å². The molecule has 2 aromatic rings. The summed E-state index contributed by atoms with van der Waals surface area (Å²) in [5.74, 6) is 0.0611. The number of nitrogens with zero attached hydrogens (tertiary/aromatic N) is 2. The second kappa shape index (κ2) is 7.89. The Morgan fingerprint density at radius 1 is 1.14 bits per heavy atom. The number of hydrogen-bond acceptors (Lipinski definition) is 8. The highest BCUT2D eigenvalue weighted by Gasteiger charge is 2.38. The molecule has 1 aliphatic heterocycles. The zero-order valence-corrected chi connectivity index (χ0v) is 15.8. The highest BCUT2D eigenvalue weighted by molar-refractivity contribution is 7.89. The second-order valence-electron chi connectivity index (χ2n) is 6.32. The predicted octanol–water partition coefficient (Wildman–Crippen LogP) is 1.36. The van der Waals surface area contributed by atoms with Gasteiger partial charge >= 0.3 is 0 Å². The van der Waals surface area contributed by atoms with Gasteiger partial charge in [0.2, 0.25) is 0 Å². The van der Waals surface area contributed by atoms with Crippen LogP contribution in [0.2, 0.25) is 0 Å². The van der Waals surface area contributed by atoms with Crippen molar-refractivity contribution in [2.45, 2.75) is 23.5 Å². The highest BCUT2D eigenvalue weighted by Crippen LogP contribution is 2.29. The van der Waals surface area contributed by atoms with Crippen LogP contribution < -0.4 is 9.57 Å². The molecule has 11 heteroatoms. The van der Waals surface area contributed by atoms with E-state index in [-0.39, 0.29) is 41.1 Å². The molecule has 0 bridgehead atoms. The van der Waals surface area contributed by atoms with Crippen molar-refractivity contribution < 1.29 is 32.6 Å². The number of amides is 1. The maximum atomic E-state index is 12.4. The molecular formula is C18H17N3O7S. The Bertz CT molecular complexity index is 1030. The lowest BCUT2D eigenvalue weighted by atomic mass is 10.2. The molecule has 2 N–H and O–H groups in total. The smallest absolute Gasteiger partial charge is 0.289 e. The average molecular weight is 419 g/mol. The molecule has 0 saturated carbocycles. The van der Waals surface area contributed by atoms with Crippen molar-refractivity contribution in [1.29, 1.82) is 0 Å². The molecule has 29 heavy (non-hydrogen) atoms. The third-order valence-corrected chi connectivity index (χ3v) is 5.69. The number of benzene rings is 1. The molecule has 152 valence electrons. The fourth-order valence-corrected chi connectivity index (χ4v) is 3.86. The van der Waals surface area contributed by atoms with Gasteiger partial charge in [0.1, 0.15) is 24.4 Å². The van der Waals surface area contributed by atoms with Crippen LogP contribution in [0.1, 0.15) is 6.42 Å². The summed E-state index contributed by atoms with van der Waals surface area (Å²) in [5.41, 5.74) is 0.200. The van der Waals surface area contributed by atoms with E-state index in [0.29, 0.717) is 11.5 Å². The number of hydroxylamine groups is 1. The molecule has 1 saturated heterocycles. The van der Waals surface area contributed by atoms with Crippen LogP contribution in [0.5, 0.6) is 11.5 Å². The Kier molecular flexibility index (Phi) is 5.30. The van der Waals surface area contributed by atoms with Gasteiger partial charge in [0, 0.05) is 24.4 Å². The van der Waals surface area contributed by atoms with E-state index >= 15 is 0 Å². The van der Waals surface area contributed by atoms with Crippen molar-refractivity contribution in [3.05, 3.63) is 60.4 Å². The molecular weight excluding hydrogens is 402 g/mol. The number of rotatable bonds is 6. The molecule has 10 nitrogen and oxygen atoms in total. The average Bonchev–Trinajstić information content (AvgIpc) is 3.30. The van der Waals surface area contributed by atoms with E-state index in [1.54, 1.807) is 24.5 Å². The fraction of sp³-hybridized carbons (Fsp3) is 0.222. The number of aromatic nitrogens is 1. The van der Waals surface area contributed by atoms with Crippen LogP contribution in [0.15, 0.2) is 65.3 Å². The number of fused-ring (bicyclic) bond motifs is 1. The molecule has 1 aromatic heterocycles. The van der Waals surface area contributed by atoms with Gasteiger partial charge in [0.15, 0.2) is 0 Å². The molecule has 1 aliphatic carbocycles. The summed E-state index contributed by atoms with van der Waals surface area (Å²) < 4.78 is 41.0. The monoisotopic (exact) mass is 419 g/mol. The van der Waals surface area contributed by atoms with Crippen molar-refractivity contribution in [3.8, 4) is 11.5 Å². The minimum Gasteiger partial charge on any atom is -0.457 e.